The van der Waals surface area contributed by atoms with Crippen LogP contribution in [0.1, 0.15) is 23.6 Å². The van der Waals surface area contributed by atoms with Crippen LogP contribution < -0.4 is 10.1 Å². The van der Waals surface area contributed by atoms with Gasteiger partial charge in [0.1, 0.15) is 5.75 Å². The van der Waals surface area contributed by atoms with Gasteiger partial charge in [-0.15, -0.1) is 0 Å². The molecule has 1 aliphatic rings. The number of hydrogen-bond donors (Lipinski definition) is 1. The van der Waals surface area contributed by atoms with Crippen molar-refractivity contribution >= 4 is 12.0 Å². The lowest BCUT2D eigenvalue weighted by atomic mass is 10.1. The monoisotopic (exact) mass is 461 g/mol. The van der Waals surface area contributed by atoms with E-state index in [4.69, 9.17) is 9.47 Å². The van der Waals surface area contributed by atoms with Crippen LogP contribution in [-0.4, -0.2) is 41.6 Å². The van der Waals surface area contributed by atoms with Crippen molar-refractivity contribution in [3.8, 4) is 11.5 Å². The lowest BCUT2D eigenvalue weighted by Crippen LogP contribution is -2.40. The molecule has 1 aromatic heterocycles. The van der Waals surface area contributed by atoms with Gasteiger partial charge in [0.2, 0.25) is 5.91 Å². The molecule has 34 heavy (non-hydrogen) atoms. The van der Waals surface area contributed by atoms with E-state index in [-0.39, 0.29) is 17.8 Å². The lowest BCUT2D eigenvalue weighted by molar-refractivity contribution is -0.116. The number of nitrogens with one attached hydrogen (secondary N) is 1. The quantitative estimate of drug-likeness (QED) is 0.498. The third-order valence-corrected chi connectivity index (χ3v) is 5.43. The average Bonchev–Trinajstić information content (AvgIpc) is 2.84. The molecule has 0 spiro atoms. The van der Waals surface area contributed by atoms with Crippen LogP contribution in [0.4, 0.5) is 4.39 Å². The second kappa shape index (κ2) is 11.5. The molecule has 1 amide bonds. The summed E-state index contributed by atoms with van der Waals surface area (Å²) in [5, 5.41) is 2.88. The molecular weight excluding hydrogens is 433 g/mol. The smallest absolute Gasteiger partial charge is 0.244 e. The first-order valence-electron chi connectivity index (χ1n) is 11.3. The Morgan fingerprint density at radius 2 is 2.12 bits per heavy atom. The van der Waals surface area contributed by atoms with Crippen molar-refractivity contribution in [3.05, 3.63) is 95.6 Å². The summed E-state index contributed by atoms with van der Waals surface area (Å²) >= 11 is 0. The van der Waals surface area contributed by atoms with Gasteiger partial charge in [0, 0.05) is 38.5 Å². The fourth-order valence-corrected chi connectivity index (χ4v) is 3.79. The highest BCUT2D eigenvalue weighted by Crippen LogP contribution is 2.24. The predicted octanol–water partition coefficient (Wildman–Crippen LogP) is 4.56. The number of aromatic nitrogens is 1. The van der Waals surface area contributed by atoms with Crippen molar-refractivity contribution in [2.45, 2.75) is 26.1 Å². The Morgan fingerprint density at radius 3 is 2.91 bits per heavy atom. The van der Waals surface area contributed by atoms with Crippen LogP contribution in [0.25, 0.3) is 6.08 Å². The number of carbonyl (C=O) groups excluding carboxylic acids is 1. The Labute approximate surface area is 199 Å². The zero-order chi connectivity index (χ0) is 23.8. The Morgan fingerprint density at radius 1 is 1.24 bits per heavy atom. The first-order valence-corrected chi connectivity index (χ1v) is 11.3. The molecule has 1 N–H and O–H groups in total. The number of ether oxygens (including phenoxy) is 2. The molecule has 1 saturated heterocycles. The molecular formula is C27H28FN3O3. The summed E-state index contributed by atoms with van der Waals surface area (Å²) in [6.45, 7) is 5.97. The largest absolute Gasteiger partial charge is 0.453 e. The summed E-state index contributed by atoms with van der Waals surface area (Å²) in [6.07, 6.45) is 6.35. The molecule has 4 rings (SSSR count). The van der Waals surface area contributed by atoms with Gasteiger partial charge in [-0.1, -0.05) is 30.3 Å². The summed E-state index contributed by atoms with van der Waals surface area (Å²) < 4.78 is 25.5. The van der Waals surface area contributed by atoms with Crippen LogP contribution in [0.15, 0.2) is 73.1 Å². The summed E-state index contributed by atoms with van der Waals surface area (Å²) in [5.74, 6) is -0.213. The minimum atomic E-state index is -0.516. The van der Waals surface area contributed by atoms with E-state index in [9.17, 15) is 9.18 Å². The molecule has 176 valence electrons. The summed E-state index contributed by atoms with van der Waals surface area (Å²) in [6, 6.07) is 16.2. The normalized spacial score (nSPS) is 16.5. The number of carbonyl (C=O) groups is 1. The average molecular weight is 462 g/mol. The van der Waals surface area contributed by atoms with E-state index in [1.165, 1.54) is 30.0 Å². The van der Waals surface area contributed by atoms with Crippen LogP contribution in [0.5, 0.6) is 11.5 Å². The number of nitrogens with zero attached hydrogens (tertiary/aromatic N) is 2. The predicted molar refractivity (Wildman–Crippen MR) is 129 cm³/mol. The summed E-state index contributed by atoms with van der Waals surface area (Å²) in [5.41, 5.74) is 2.80. The highest BCUT2D eigenvalue weighted by molar-refractivity contribution is 5.91. The Kier molecular flexibility index (Phi) is 8.01. The molecule has 1 atom stereocenters. The van der Waals surface area contributed by atoms with Crippen molar-refractivity contribution in [2.75, 3.05) is 19.7 Å². The van der Waals surface area contributed by atoms with E-state index >= 15 is 0 Å². The van der Waals surface area contributed by atoms with Gasteiger partial charge in [0.25, 0.3) is 0 Å². The zero-order valence-electron chi connectivity index (χ0n) is 19.1. The molecule has 1 unspecified atom stereocenters. The number of morpholine rings is 1. The van der Waals surface area contributed by atoms with Crippen molar-refractivity contribution in [1.29, 1.82) is 0 Å². The van der Waals surface area contributed by atoms with Crippen LogP contribution in [0, 0.1) is 5.82 Å². The maximum Gasteiger partial charge on any atom is 0.244 e. The minimum Gasteiger partial charge on any atom is -0.453 e. The fraction of sp³-hybridized carbons (Fsp3) is 0.259. The van der Waals surface area contributed by atoms with Crippen LogP contribution in [0.2, 0.25) is 0 Å². The number of amides is 1. The highest BCUT2D eigenvalue weighted by Gasteiger charge is 2.16. The molecule has 0 radical (unpaired) electrons. The van der Waals surface area contributed by atoms with Crippen molar-refractivity contribution in [2.24, 2.45) is 0 Å². The Bertz CT molecular complexity index is 1140. The Balaban J connectivity index is 1.28. The van der Waals surface area contributed by atoms with Gasteiger partial charge >= 0.3 is 0 Å². The van der Waals surface area contributed by atoms with Crippen LogP contribution in [0.3, 0.4) is 0 Å². The number of rotatable bonds is 8. The number of pyridine rings is 1. The van der Waals surface area contributed by atoms with Gasteiger partial charge in [-0.2, -0.15) is 0 Å². The number of benzene rings is 2. The van der Waals surface area contributed by atoms with Gasteiger partial charge < -0.3 is 14.8 Å². The molecule has 0 aliphatic carbocycles. The van der Waals surface area contributed by atoms with Gasteiger partial charge in [0.05, 0.1) is 18.9 Å². The molecule has 0 saturated carbocycles. The molecule has 1 aliphatic heterocycles. The van der Waals surface area contributed by atoms with E-state index in [1.807, 2.05) is 12.1 Å². The Hall–Kier alpha value is -3.55. The molecule has 3 aromatic rings. The van der Waals surface area contributed by atoms with Crippen molar-refractivity contribution in [3.63, 3.8) is 0 Å². The SMILES string of the molecule is CC1CN(Cc2cccc(CNC(=O)/C=C/c3ccc(Oc4cccnc4)c(F)c3)c2)CCO1. The van der Waals surface area contributed by atoms with Crippen LogP contribution >= 0.6 is 0 Å². The maximum atomic E-state index is 14.4. The third-order valence-electron chi connectivity index (χ3n) is 5.43. The van der Waals surface area contributed by atoms with E-state index in [0.29, 0.717) is 17.9 Å². The van der Waals surface area contributed by atoms with Gasteiger partial charge in [0.15, 0.2) is 11.6 Å². The van der Waals surface area contributed by atoms with E-state index in [0.717, 1.165) is 31.8 Å². The van der Waals surface area contributed by atoms with Gasteiger partial charge in [-0.3, -0.25) is 14.7 Å². The summed E-state index contributed by atoms with van der Waals surface area (Å²) in [7, 11) is 0. The van der Waals surface area contributed by atoms with Gasteiger partial charge in [-0.05, 0) is 54.0 Å². The second-order valence-corrected chi connectivity index (χ2v) is 8.27. The lowest BCUT2D eigenvalue weighted by Gasteiger charge is -2.31. The number of hydrogen-bond acceptors (Lipinski definition) is 5. The highest BCUT2D eigenvalue weighted by atomic mass is 19.1. The van der Waals surface area contributed by atoms with Gasteiger partial charge in [-0.25, -0.2) is 4.39 Å². The van der Waals surface area contributed by atoms with Crippen LogP contribution in [-0.2, 0) is 22.6 Å². The molecule has 1 fully saturated rings. The molecule has 2 aromatic carbocycles. The first-order chi connectivity index (χ1) is 16.5. The molecule has 6 nitrogen and oxygen atoms in total. The van der Waals surface area contributed by atoms with E-state index in [1.54, 1.807) is 30.5 Å². The topological polar surface area (TPSA) is 63.7 Å². The van der Waals surface area contributed by atoms with E-state index < -0.39 is 5.82 Å². The van der Waals surface area contributed by atoms with Crippen molar-refractivity contribution in [1.82, 2.24) is 15.2 Å². The minimum absolute atomic E-state index is 0.0982. The molecule has 0 bridgehead atoms. The number of halogens is 1. The fourth-order valence-electron chi connectivity index (χ4n) is 3.79. The van der Waals surface area contributed by atoms with E-state index in [2.05, 4.69) is 34.3 Å². The summed E-state index contributed by atoms with van der Waals surface area (Å²) in [4.78, 5) is 18.6. The second-order valence-electron chi connectivity index (χ2n) is 8.27. The van der Waals surface area contributed by atoms with Crippen molar-refractivity contribution < 1.29 is 18.7 Å². The maximum absolute atomic E-state index is 14.4. The first kappa shape index (κ1) is 23.6. The molecule has 2 heterocycles. The third kappa shape index (κ3) is 6.97. The standard InChI is InChI=1S/C27H28FN3O3/c1-20-18-31(12-13-33-20)19-23-5-2-4-22(14-23)16-30-27(32)10-8-21-7-9-26(25(28)15-21)34-24-6-3-11-29-17-24/h2-11,14-15,17,20H,12-13,16,18-19H2,1H3,(H,30,32)/b10-8+. The zero-order valence-corrected chi connectivity index (χ0v) is 19.1. The molecule has 7 heteroatoms.